The second-order valence-electron chi connectivity index (χ2n) is 6.31. The van der Waals surface area contributed by atoms with Gasteiger partial charge in [-0.1, -0.05) is 24.2 Å². The third-order valence-corrected chi connectivity index (χ3v) is 4.85. The highest BCUT2D eigenvalue weighted by atomic mass is 35.5. The highest BCUT2D eigenvalue weighted by Gasteiger charge is 2.24. The first-order valence-corrected chi connectivity index (χ1v) is 8.98. The van der Waals surface area contributed by atoms with Gasteiger partial charge in [0, 0.05) is 39.9 Å². The van der Waals surface area contributed by atoms with Gasteiger partial charge in [0.1, 0.15) is 11.4 Å². The molecule has 3 rings (SSSR count). The van der Waals surface area contributed by atoms with Crippen LogP contribution in [-0.2, 0) is 18.3 Å². The Morgan fingerprint density at radius 3 is 2.85 bits per heavy atom. The molecule has 0 amide bonds. The Hall–Kier alpha value is -2.92. The number of anilines is 2. The number of rotatable bonds is 4. The van der Waals surface area contributed by atoms with E-state index in [2.05, 4.69) is 16.9 Å². The first kappa shape index (κ1) is 18.9. The molecule has 5 nitrogen and oxygen atoms in total. The second kappa shape index (κ2) is 7.76. The molecule has 0 bridgehead atoms. The summed E-state index contributed by atoms with van der Waals surface area (Å²) in [6.45, 7) is 6.11. The molecule has 2 aromatic rings. The van der Waals surface area contributed by atoms with Crippen LogP contribution in [0.3, 0.4) is 0 Å². The Labute approximate surface area is 162 Å². The molecule has 0 radical (unpaired) electrons. The average Bonchev–Trinajstić information content (AvgIpc) is 2.65. The third-order valence-electron chi connectivity index (χ3n) is 4.61. The number of fused-ring (bicyclic) bond motifs is 1. The standard InChI is InChI=1S/C21H20ClN3O2/c1-4-23-12-18-13(2)20(24-16-7-5-6-15(22)11-16)25(3)19-10-14(21(26)27)8-9-17(18)19/h4-7,10-12H,2,8-9H2,1,3H3,(H,26,27)/p+1. The SMILES string of the molecule is C=c1c(Nc2cccc(Cl)c2)[n+](C)c2c(c1=CN=CC)CCC(C(=O)O)=C2. The fourth-order valence-electron chi connectivity index (χ4n) is 3.25. The zero-order valence-corrected chi connectivity index (χ0v) is 16.0. The van der Waals surface area contributed by atoms with Gasteiger partial charge in [-0.15, -0.1) is 0 Å². The average molecular weight is 383 g/mol. The summed E-state index contributed by atoms with van der Waals surface area (Å²) in [7, 11) is 1.90. The molecule has 1 aromatic heterocycles. The van der Waals surface area contributed by atoms with Gasteiger partial charge < -0.3 is 5.11 Å². The van der Waals surface area contributed by atoms with E-state index >= 15 is 0 Å². The first-order chi connectivity index (χ1) is 12.9. The predicted molar refractivity (Wildman–Crippen MR) is 110 cm³/mol. The summed E-state index contributed by atoms with van der Waals surface area (Å²) in [6, 6.07) is 7.41. The number of aliphatic imine (C=N–C) groups is 1. The van der Waals surface area contributed by atoms with Crippen molar-refractivity contribution < 1.29 is 14.5 Å². The minimum Gasteiger partial charge on any atom is -0.478 e. The molecule has 1 aliphatic rings. The highest BCUT2D eigenvalue weighted by molar-refractivity contribution is 6.30. The fourth-order valence-corrected chi connectivity index (χ4v) is 3.44. The van der Waals surface area contributed by atoms with Crippen LogP contribution in [-0.4, -0.2) is 17.3 Å². The number of halogens is 1. The smallest absolute Gasteiger partial charge is 0.331 e. The lowest BCUT2D eigenvalue weighted by molar-refractivity contribution is -0.659. The molecule has 1 aromatic carbocycles. The van der Waals surface area contributed by atoms with E-state index in [1.54, 1.807) is 18.5 Å². The maximum Gasteiger partial charge on any atom is 0.331 e. The Morgan fingerprint density at radius 2 is 2.19 bits per heavy atom. The molecule has 0 unspecified atom stereocenters. The Kier molecular flexibility index (Phi) is 5.42. The van der Waals surface area contributed by atoms with Crippen LogP contribution in [0.4, 0.5) is 11.5 Å². The van der Waals surface area contributed by atoms with Gasteiger partial charge in [0.2, 0.25) is 0 Å². The van der Waals surface area contributed by atoms with E-state index in [0.717, 1.165) is 33.2 Å². The van der Waals surface area contributed by atoms with E-state index in [1.165, 1.54) is 0 Å². The molecule has 0 saturated heterocycles. The summed E-state index contributed by atoms with van der Waals surface area (Å²) in [4.78, 5) is 15.7. The Balaban J connectivity index is 2.27. The first-order valence-electron chi connectivity index (χ1n) is 8.60. The van der Waals surface area contributed by atoms with Crippen LogP contribution in [0, 0.1) is 0 Å². The molecule has 1 heterocycles. The van der Waals surface area contributed by atoms with Gasteiger partial charge in [-0.3, -0.25) is 4.99 Å². The minimum absolute atomic E-state index is 0.397. The predicted octanol–water partition coefficient (Wildman–Crippen LogP) is 2.56. The van der Waals surface area contributed by atoms with Crippen molar-refractivity contribution in [3.05, 3.63) is 56.6 Å². The molecule has 138 valence electrons. The minimum atomic E-state index is -0.888. The van der Waals surface area contributed by atoms with Crippen LogP contribution in [0.1, 0.15) is 24.6 Å². The summed E-state index contributed by atoms with van der Waals surface area (Å²) in [6.07, 6.45) is 6.34. The molecule has 27 heavy (non-hydrogen) atoms. The summed E-state index contributed by atoms with van der Waals surface area (Å²) in [5.41, 5.74) is 3.11. The molecule has 2 N–H and O–H groups in total. The van der Waals surface area contributed by atoms with Gasteiger partial charge in [-0.2, -0.15) is 0 Å². The summed E-state index contributed by atoms with van der Waals surface area (Å²) in [5.74, 6) is -0.128. The number of carboxylic acid groups (broad SMARTS) is 1. The lowest BCUT2D eigenvalue weighted by atomic mass is 9.93. The summed E-state index contributed by atoms with van der Waals surface area (Å²) >= 11 is 6.10. The number of carbonyl (C=O) groups is 1. The molecular weight excluding hydrogens is 362 g/mol. The van der Waals surface area contributed by atoms with Gasteiger partial charge in [0.15, 0.2) is 0 Å². The lowest BCUT2D eigenvalue weighted by Gasteiger charge is -2.17. The molecule has 0 atom stereocenters. The molecule has 0 spiro atoms. The second-order valence-corrected chi connectivity index (χ2v) is 6.75. The van der Waals surface area contributed by atoms with E-state index in [0.29, 0.717) is 23.4 Å². The van der Waals surface area contributed by atoms with Gasteiger partial charge in [0.05, 0.1) is 12.3 Å². The van der Waals surface area contributed by atoms with Crippen LogP contribution in [0.15, 0.2) is 34.8 Å². The molecule has 6 heteroatoms. The number of nitrogens with one attached hydrogen (secondary N) is 1. The maximum absolute atomic E-state index is 11.5. The lowest BCUT2D eigenvalue weighted by Crippen LogP contribution is -2.49. The van der Waals surface area contributed by atoms with Crippen molar-refractivity contribution in [3.63, 3.8) is 0 Å². The van der Waals surface area contributed by atoms with Crippen LogP contribution in [0.5, 0.6) is 0 Å². The number of nitrogens with zero attached hydrogens (tertiary/aromatic N) is 2. The van der Waals surface area contributed by atoms with Crippen LogP contribution < -0.4 is 20.3 Å². The Bertz CT molecular complexity index is 1090. The van der Waals surface area contributed by atoms with Gasteiger partial charge in [-0.25, -0.2) is 14.7 Å². The van der Waals surface area contributed by atoms with Crippen molar-refractivity contribution in [2.75, 3.05) is 5.32 Å². The molecule has 0 saturated carbocycles. The van der Waals surface area contributed by atoms with E-state index in [-0.39, 0.29) is 0 Å². The molecule has 0 fully saturated rings. The van der Waals surface area contributed by atoms with Crippen LogP contribution >= 0.6 is 11.6 Å². The highest BCUT2D eigenvalue weighted by Crippen LogP contribution is 2.21. The van der Waals surface area contributed by atoms with Crippen molar-refractivity contribution in [3.8, 4) is 0 Å². The number of pyridine rings is 1. The van der Waals surface area contributed by atoms with Crippen molar-refractivity contribution in [1.29, 1.82) is 0 Å². The summed E-state index contributed by atoms with van der Waals surface area (Å²) in [5, 5.41) is 15.1. The quantitative estimate of drug-likeness (QED) is 0.631. The van der Waals surface area contributed by atoms with Crippen molar-refractivity contribution in [2.45, 2.75) is 19.8 Å². The maximum atomic E-state index is 11.5. The number of hydrogen-bond acceptors (Lipinski definition) is 3. The molecular formula is C21H21ClN3O2+. The third kappa shape index (κ3) is 3.78. The van der Waals surface area contributed by atoms with Crippen molar-refractivity contribution in [1.82, 2.24) is 0 Å². The van der Waals surface area contributed by atoms with E-state index in [9.17, 15) is 9.90 Å². The normalized spacial score (nSPS) is 14.2. The largest absolute Gasteiger partial charge is 0.478 e. The molecule has 0 aliphatic heterocycles. The zero-order valence-electron chi connectivity index (χ0n) is 15.3. The van der Waals surface area contributed by atoms with Gasteiger partial charge >= 0.3 is 5.97 Å². The monoisotopic (exact) mass is 382 g/mol. The van der Waals surface area contributed by atoms with E-state index < -0.39 is 5.97 Å². The zero-order chi connectivity index (χ0) is 19.6. The number of hydrogen-bond donors (Lipinski definition) is 2. The van der Waals surface area contributed by atoms with Gasteiger partial charge in [-0.05, 0) is 38.0 Å². The van der Waals surface area contributed by atoms with Crippen LogP contribution in [0.25, 0.3) is 18.9 Å². The van der Waals surface area contributed by atoms with Gasteiger partial charge in [0.25, 0.3) is 5.82 Å². The summed E-state index contributed by atoms with van der Waals surface area (Å²) < 4.78 is 1.94. The number of benzene rings is 1. The van der Waals surface area contributed by atoms with Crippen molar-refractivity contribution >= 4 is 54.1 Å². The van der Waals surface area contributed by atoms with E-state index in [1.807, 2.05) is 42.8 Å². The fraction of sp³-hybridized carbons (Fsp3) is 0.190. The van der Waals surface area contributed by atoms with Crippen LogP contribution in [0.2, 0.25) is 5.02 Å². The Morgan fingerprint density at radius 1 is 1.41 bits per heavy atom. The number of aliphatic carboxylic acids is 1. The number of carboxylic acids is 1. The molecule has 1 aliphatic carbocycles. The topological polar surface area (TPSA) is 65.6 Å². The van der Waals surface area contributed by atoms with E-state index in [4.69, 9.17) is 11.6 Å². The number of aromatic nitrogens is 1. The van der Waals surface area contributed by atoms with Crippen molar-refractivity contribution in [2.24, 2.45) is 12.0 Å².